The molecule has 4 nitrogen and oxygen atoms in total. The SMILES string of the molecule is COc1ccc(C2(NCc3nc(C)n4ccccc34)CC2)cc1. The van der Waals surface area contributed by atoms with Gasteiger partial charge in [0.1, 0.15) is 11.6 Å². The third kappa shape index (κ3) is 2.49. The highest BCUT2D eigenvalue weighted by molar-refractivity contribution is 5.53. The molecule has 2 aromatic heterocycles. The van der Waals surface area contributed by atoms with Crippen LogP contribution in [0.3, 0.4) is 0 Å². The quantitative estimate of drug-likeness (QED) is 0.785. The van der Waals surface area contributed by atoms with Crippen molar-refractivity contribution in [3.05, 3.63) is 65.7 Å². The lowest BCUT2D eigenvalue weighted by atomic mass is 10.0. The fourth-order valence-electron chi connectivity index (χ4n) is 3.25. The Morgan fingerprint density at radius 3 is 2.65 bits per heavy atom. The van der Waals surface area contributed by atoms with Gasteiger partial charge in [0.2, 0.25) is 0 Å². The maximum absolute atomic E-state index is 5.25. The molecule has 1 aliphatic rings. The molecule has 1 fully saturated rings. The van der Waals surface area contributed by atoms with Gasteiger partial charge in [-0.1, -0.05) is 18.2 Å². The van der Waals surface area contributed by atoms with E-state index in [4.69, 9.17) is 9.72 Å². The number of benzene rings is 1. The highest BCUT2D eigenvalue weighted by Crippen LogP contribution is 2.46. The molecule has 1 aliphatic carbocycles. The number of nitrogens with one attached hydrogen (secondary N) is 1. The van der Waals surface area contributed by atoms with E-state index in [1.54, 1.807) is 7.11 Å². The van der Waals surface area contributed by atoms with Crippen molar-refractivity contribution >= 4 is 5.52 Å². The summed E-state index contributed by atoms with van der Waals surface area (Å²) >= 11 is 0. The molecule has 0 radical (unpaired) electrons. The number of rotatable bonds is 5. The number of fused-ring (bicyclic) bond motifs is 1. The minimum Gasteiger partial charge on any atom is -0.497 e. The van der Waals surface area contributed by atoms with Gasteiger partial charge in [0.25, 0.3) is 0 Å². The molecular formula is C19H21N3O. The van der Waals surface area contributed by atoms with E-state index in [1.807, 2.05) is 25.1 Å². The van der Waals surface area contributed by atoms with Gasteiger partial charge < -0.3 is 14.5 Å². The maximum Gasteiger partial charge on any atom is 0.118 e. The van der Waals surface area contributed by atoms with Crippen LogP contribution in [0.1, 0.15) is 29.9 Å². The van der Waals surface area contributed by atoms with Crippen molar-refractivity contribution in [3.8, 4) is 5.75 Å². The van der Waals surface area contributed by atoms with E-state index in [0.717, 1.165) is 23.8 Å². The Hall–Kier alpha value is -2.33. The molecule has 1 saturated carbocycles. The van der Waals surface area contributed by atoms with Gasteiger partial charge >= 0.3 is 0 Å². The van der Waals surface area contributed by atoms with E-state index in [9.17, 15) is 0 Å². The number of methoxy groups -OCH3 is 1. The molecule has 23 heavy (non-hydrogen) atoms. The van der Waals surface area contributed by atoms with Gasteiger partial charge in [-0.2, -0.15) is 0 Å². The number of imidazole rings is 1. The largest absolute Gasteiger partial charge is 0.497 e. The monoisotopic (exact) mass is 307 g/mol. The van der Waals surface area contributed by atoms with Gasteiger partial charge in [-0.05, 0) is 49.6 Å². The van der Waals surface area contributed by atoms with Crippen LogP contribution in [0, 0.1) is 6.92 Å². The fourth-order valence-corrected chi connectivity index (χ4v) is 3.25. The zero-order valence-corrected chi connectivity index (χ0v) is 13.5. The van der Waals surface area contributed by atoms with Gasteiger partial charge in [0.05, 0.1) is 18.3 Å². The predicted molar refractivity (Wildman–Crippen MR) is 90.7 cm³/mol. The van der Waals surface area contributed by atoms with Crippen molar-refractivity contribution in [2.45, 2.75) is 31.8 Å². The summed E-state index contributed by atoms with van der Waals surface area (Å²) in [5.41, 5.74) is 3.73. The normalized spacial score (nSPS) is 15.7. The molecule has 4 rings (SSSR count). The highest BCUT2D eigenvalue weighted by atomic mass is 16.5. The number of hydrogen-bond donors (Lipinski definition) is 1. The Labute approximate surface area is 136 Å². The van der Waals surface area contributed by atoms with Gasteiger partial charge in [0, 0.05) is 18.3 Å². The molecular weight excluding hydrogens is 286 g/mol. The molecule has 0 unspecified atom stereocenters. The van der Waals surface area contributed by atoms with Gasteiger partial charge in [0.15, 0.2) is 0 Å². The van der Waals surface area contributed by atoms with E-state index in [1.165, 1.54) is 23.9 Å². The van der Waals surface area contributed by atoms with Crippen LogP contribution < -0.4 is 10.1 Å². The Kier molecular flexibility index (Phi) is 3.34. The number of nitrogens with zero attached hydrogens (tertiary/aromatic N) is 2. The standard InChI is InChI=1S/C19H21N3O/c1-14-21-17(18-5-3-4-12-22(14)18)13-20-19(10-11-19)15-6-8-16(23-2)9-7-15/h3-9,12,20H,10-11,13H2,1-2H3. The van der Waals surface area contributed by atoms with E-state index < -0.39 is 0 Å². The minimum atomic E-state index is 0.102. The van der Waals surface area contributed by atoms with Crippen LogP contribution in [-0.4, -0.2) is 16.5 Å². The van der Waals surface area contributed by atoms with Crippen LogP contribution in [0.5, 0.6) is 5.75 Å². The molecule has 0 amide bonds. The predicted octanol–water partition coefficient (Wildman–Crippen LogP) is 3.43. The van der Waals surface area contributed by atoms with Crippen LogP contribution >= 0.6 is 0 Å². The second-order valence-corrected chi connectivity index (χ2v) is 6.23. The van der Waals surface area contributed by atoms with Crippen LogP contribution in [0.4, 0.5) is 0 Å². The van der Waals surface area contributed by atoms with Crippen LogP contribution in [0.15, 0.2) is 48.7 Å². The van der Waals surface area contributed by atoms with Crippen molar-refractivity contribution < 1.29 is 4.74 Å². The summed E-state index contributed by atoms with van der Waals surface area (Å²) in [6.45, 7) is 2.83. The van der Waals surface area contributed by atoms with Crippen LogP contribution in [0.25, 0.3) is 5.52 Å². The first-order valence-corrected chi connectivity index (χ1v) is 8.04. The van der Waals surface area contributed by atoms with Crippen molar-refractivity contribution in [2.75, 3.05) is 7.11 Å². The maximum atomic E-state index is 5.25. The van der Waals surface area contributed by atoms with Crippen molar-refractivity contribution in [1.82, 2.24) is 14.7 Å². The number of aromatic nitrogens is 2. The average Bonchev–Trinajstić information content (AvgIpc) is 3.33. The Morgan fingerprint density at radius 2 is 1.96 bits per heavy atom. The molecule has 0 spiro atoms. The Bertz CT molecular complexity index is 831. The molecule has 3 aromatic rings. The summed E-state index contributed by atoms with van der Waals surface area (Å²) in [7, 11) is 1.70. The lowest BCUT2D eigenvalue weighted by Gasteiger charge is -2.18. The first-order valence-electron chi connectivity index (χ1n) is 8.04. The lowest BCUT2D eigenvalue weighted by molar-refractivity contribution is 0.414. The third-order valence-electron chi connectivity index (χ3n) is 4.79. The molecule has 0 bridgehead atoms. The van der Waals surface area contributed by atoms with E-state index in [0.29, 0.717) is 0 Å². The van der Waals surface area contributed by atoms with E-state index >= 15 is 0 Å². The number of pyridine rings is 1. The van der Waals surface area contributed by atoms with Crippen LogP contribution in [0.2, 0.25) is 0 Å². The van der Waals surface area contributed by atoms with Crippen molar-refractivity contribution in [3.63, 3.8) is 0 Å². The molecule has 1 N–H and O–H groups in total. The lowest BCUT2D eigenvalue weighted by Crippen LogP contribution is -2.28. The molecule has 1 aromatic carbocycles. The summed E-state index contributed by atoms with van der Waals surface area (Å²) in [4.78, 5) is 4.72. The Morgan fingerprint density at radius 1 is 1.17 bits per heavy atom. The summed E-state index contributed by atoms with van der Waals surface area (Å²) in [5.74, 6) is 1.94. The second-order valence-electron chi connectivity index (χ2n) is 6.23. The number of aryl methyl sites for hydroxylation is 1. The molecule has 0 saturated heterocycles. The zero-order chi connectivity index (χ0) is 15.9. The first-order chi connectivity index (χ1) is 11.2. The zero-order valence-electron chi connectivity index (χ0n) is 13.5. The summed E-state index contributed by atoms with van der Waals surface area (Å²) in [6.07, 6.45) is 4.41. The molecule has 118 valence electrons. The van der Waals surface area contributed by atoms with Gasteiger partial charge in [-0.3, -0.25) is 0 Å². The van der Waals surface area contributed by atoms with E-state index in [2.05, 4.69) is 40.2 Å². The first kappa shape index (κ1) is 14.3. The molecule has 0 atom stereocenters. The van der Waals surface area contributed by atoms with E-state index in [-0.39, 0.29) is 5.54 Å². The van der Waals surface area contributed by atoms with Gasteiger partial charge in [-0.25, -0.2) is 4.98 Å². The van der Waals surface area contributed by atoms with Gasteiger partial charge in [-0.15, -0.1) is 0 Å². The average molecular weight is 307 g/mol. The summed E-state index contributed by atoms with van der Waals surface area (Å²) < 4.78 is 7.39. The van der Waals surface area contributed by atoms with Crippen molar-refractivity contribution in [2.24, 2.45) is 0 Å². The molecule has 0 aliphatic heterocycles. The molecule has 4 heteroatoms. The topological polar surface area (TPSA) is 38.6 Å². The molecule has 2 heterocycles. The minimum absolute atomic E-state index is 0.102. The van der Waals surface area contributed by atoms with Crippen molar-refractivity contribution in [1.29, 1.82) is 0 Å². The highest BCUT2D eigenvalue weighted by Gasteiger charge is 2.43. The fraction of sp³-hybridized carbons (Fsp3) is 0.316. The van der Waals surface area contributed by atoms with Crippen LogP contribution in [-0.2, 0) is 12.1 Å². The number of hydrogen-bond acceptors (Lipinski definition) is 3. The Balaban J connectivity index is 1.55. The summed E-state index contributed by atoms with van der Waals surface area (Å²) in [5, 5.41) is 3.73. The number of ether oxygens (including phenoxy) is 1. The smallest absolute Gasteiger partial charge is 0.118 e. The third-order valence-corrected chi connectivity index (χ3v) is 4.79. The second kappa shape index (κ2) is 5.39. The summed E-state index contributed by atoms with van der Waals surface area (Å²) in [6, 6.07) is 14.6.